The second-order valence-corrected chi connectivity index (χ2v) is 25.1. The molecule has 0 aromatic carbocycles. The van der Waals surface area contributed by atoms with Crippen LogP contribution in [0.4, 0.5) is 0 Å². The molecular formula is C71H120O16P2. The van der Waals surface area contributed by atoms with Gasteiger partial charge in [-0.25, -0.2) is 9.13 Å². The number of rotatable bonds is 63. The Hall–Kier alpha value is -4.05. The minimum atomic E-state index is -4.93. The lowest BCUT2D eigenvalue weighted by Crippen LogP contribution is -2.30. The number of carbonyl (C=O) groups excluding carboxylic acids is 3. The van der Waals surface area contributed by atoms with Crippen molar-refractivity contribution in [3.63, 3.8) is 0 Å². The minimum absolute atomic E-state index is 0.0819. The van der Waals surface area contributed by atoms with Crippen LogP contribution in [0.2, 0.25) is 0 Å². The van der Waals surface area contributed by atoms with Crippen molar-refractivity contribution in [1.82, 2.24) is 0 Å². The number of aliphatic hydroxyl groups is 2. The van der Waals surface area contributed by atoms with Gasteiger partial charge in [-0.05, 0) is 128 Å². The summed E-state index contributed by atoms with van der Waals surface area (Å²) in [6.07, 6.45) is 72.5. The van der Waals surface area contributed by atoms with Gasteiger partial charge in [-0.3, -0.25) is 32.5 Å². The first-order chi connectivity index (χ1) is 43.2. The third kappa shape index (κ3) is 65.3. The number of phosphoric acid groups is 2. The van der Waals surface area contributed by atoms with Gasteiger partial charge in [0.2, 0.25) is 0 Å². The lowest BCUT2D eigenvalue weighted by molar-refractivity contribution is -0.161. The quantitative estimate of drug-likeness (QED) is 0.0146. The van der Waals surface area contributed by atoms with Crippen molar-refractivity contribution < 1.29 is 75.8 Å². The molecule has 0 aromatic heterocycles. The highest BCUT2D eigenvalue weighted by molar-refractivity contribution is 7.47. The summed E-state index contributed by atoms with van der Waals surface area (Å²) in [6, 6.07) is 0. The summed E-state index contributed by atoms with van der Waals surface area (Å²) < 4.78 is 60.8. The van der Waals surface area contributed by atoms with E-state index in [1.807, 2.05) is 0 Å². The molecule has 0 radical (unpaired) electrons. The molecule has 0 aliphatic rings. The van der Waals surface area contributed by atoms with Crippen molar-refractivity contribution in [2.45, 2.75) is 270 Å². The van der Waals surface area contributed by atoms with Gasteiger partial charge in [-0.1, -0.05) is 226 Å². The van der Waals surface area contributed by atoms with Gasteiger partial charge in [-0.2, -0.15) is 0 Å². The van der Waals surface area contributed by atoms with Gasteiger partial charge in [0.1, 0.15) is 25.4 Å². The molecule has 16 nitrogen and oxygen atoms in total. The average Bonchev–Trinajstić information content (AvgIpc) is 3.65. The van der Waals surface area contributed by atoms with Crippen molar-refractivity contribution in [3.8, 4) is 0 Å². The van der Waals surface area contributed by atoms with Crippen LogP contribution in [0.25, 0.3) is 0 Å². The van der Waals surface area contributed by atoms with E-state index < -0.39 is 91.5 Å². The molecule has 0 rings (SSSR count). The van der Waals surface area contributed by atoms with Crippen LogP contribution in [-0.4, -0.2) is 95.9 Å². The topological polar surface area (TPSA) is 231 Å². The first-order valence-electron chi connectivity index (χ1n) is 33.8. The van der Waals surface area contributed by atoms with E-state index in [1.165, 1.54) is 19.3 Å². The van der Waals surface area contributed by atoms with Gasteiger partial charge >= 0.3 is 33.6 Å². The average molecular weight is 1290 g/mol. The van der Waals surface area contributed by atoms with E-state index in [0.717, 1.165) is 173 Å². The molecule has 0 aliphatic carbocycles. The summed E-state index contributed by atoms with van der Waals surface area (Å²) in [5.41, 5.74) is 0. The van der Waals surface area contributed by atoms with Crippen molar-refractivity contribution in [1.29, 1.82) is 0 Å². The fourth-order valence-electron chi connectivity index (χ4n) is 8.52. The van der Waals surface area contributed by atoms with E-state index in [0.29, 0.717) is 19.3 Å². The number of hydrogen-bond donors (Lipinski definition) is 4. The zero-order valence-electron chi connectivity index (χ0n) is 55.1. The number of carbonyl (C=O) groups is 3. The molecule has 510 valence electrons. The highest BCUT2D eigenvalue weighted by atomic mass is 31.2. The van der Waals surface area contributed by atoms with Crippen molar-refractivity contribution in [3.05, 3.63) is 122 Å². The Morgan fingerprint density at radius 1 is 0.326 bits per heavy atom. The maximum Gasteiger partial charge on any atom is 0.472 e. The van der Waals surface area contributed by atoms with Gasteiger partial charge in [0, 0.05) is 19.3 Å². The smallest absolute Gasteiger partial charge is 0.463 e. The number of aliphatic hydroxyl groups excluding tert-OH is 2. The van der Waals surface area contributed by atoms with E-state index in [2.05, 4.69) is 142 Å². The Balaban J connectivity index is 4.64. The summed E-state index contributed by atoms with van der Waals surface area (Å²) in [7, 11) is -9.79. The third-order valence-electron chi connectivity index (χ3n) is 13.7. The van der Waals surface area contributed by atoms with E-state index in [-0.39, 0.29) is 19.3 Å². The Morgan fingerprint density at radius 3 is 0.944 bits per heavy atom. The zero-order chi connectivity index (χ0) is 65.3. The van der Waals surface area contributed by atoms with Crippen LogP contribution >= 0.6 is 15.6 Å². The first-order valence-corrected chi connectivity index (χ1v) is 36.8. The van der Waals surface area contributed by atoms with Crippen LogP contribution in [0.15, 0.2) is 122 Å². The Morgan fingerprint density at radius 2 is 0.596 bits per heavy atom. The largest absolute Gasteiger partial charge is 0.472 e. The summed E-state index contributed by atoms with van der Waals surface area (Å²) >= 11 is 0. The summed E-state index contributed by atoms with van der Waals surface area (Å²) in [4.78, 5) is 58.3. The van der Waals surface area contributed by atoms with Crippen LogP contribution in [0, 0.1) is 0 Å². The third-order valence-corrected chi connectivity index (χ3v) is 15.6. The van der Waals surface area contributed by atoms with E-state index in [9.17, 15) is 43.5 Å². The molecule has 0 heterocycles. The minimum Gasteiger partial charge on any atom is -0.463 e. The molecule has 0 saturated carbocycles. The molecule has 0 bridgehead atoms. The van der Waals surface area contributed by atoms with Gasteiger partial charge < -0.3 is 34.2 Å². The predicted molar refractivity (Wildman–Crippen MR) is 362 cm³/mol. The summed E-state index contributed by atoms with van der Waals surface area (Å²) in [5, 5.41) is 20.5. The Labute approximate surface area is 538 Å². The summed E-state index contributed by atoms with van der Waals surface area (Å²) in [6.45, 7) is 2.35. The lowest BCUT2D eigenvalue weighted by atomic mass is 10.1. The van der Waals surface area contributed by atoms with Gasteiger partial charge in [0.05, 0.1) is 26.4 Å². The van der Waals surface area contributed by atoms with Crippen LogP contribution in [0.3, 0.4) is 0 Å². The van der Waals surface area contributed by atoms with Gasteiger partial charge in [-0.15, -0.1) is 0 Å². The van der Waals surface area contributed by atoms with Crippen LogP contribution in [0.5, 0.6) is 0 Å². The zero-order valence-corrected chi connectivity index (χ0v) is 56.8. The second kappa shape index (κ2) is 64.1. The Bertz CT molecular complexity index is 2110. The fourth-order valence-corrected chi connectivity index (χ4v) is 10.1. The molecular weight excluding hydrogens is 1170 g/mol. The van der Waals surface area contributed by atoms with E-state index in [1.54, 1.807) is 0 Å². The molecule has 18 heteroatoms. The maximum atomic E-state index is 12.9. The standard InChI is InChI=1S/C71H120O16P2/c1-4-7-10-13-16-19-22-25-28-29-30-31-32-33-34-35-38-40-42-45-48-51-54-57-69(74)81-60-66(72)61-83-88(77,78)84-62-67(73)63-85-89(79,80)86-65-68(87-71(76)59-56-53-50-47-44-41-37-27-24-21-18-15-12-9-6-3)64-82-70(75)58-55-52-49-46-43-39-36-26-23-20-17-14-11-8-5-2/h7-8,10-11,16-21,25-28,30-31,33-34,36-37,66-68,72-73H,4-6,9,12-15,22-24,29,32,35,38-65H2,1-3H3,(H,77,78)(H,79,80)/b10-7-,11-8-,19-16-,20-17-,21-18-,28-25-,31-30-,34-33-,36-26-,37-27-. The lowest BCUT2D eigenvalue weighted by Gasteiger charge is -2.21. The first kappa shape index (κ1) is 85.0. The van der Waals surface area contributed by atoms with Crippen LogP contribution in [-0.2, 0) is 55.8 Å². The molecule has 0 fully saturated rings. The SMILES string of the molecule is CC/C=C\C/C=C\C/C=C\C/C=C\C/C=C\CCCCCCCCCC(=O)OCC(O)COP(=O)(O)OCC(O)COP(=O)(O)OCC(COC(=O)CCCCCCC/C=C\C/C=C\C/C=C\CC)OC(=O)CCCCCCC/C=C\C/C=C\CCCCC. The fraction of sp³-hybridized carbons (Fsp3) is 0.676. The molecule has 4 N–H and O–H groups in total. The normalized spacial score (nSPS) is 15.0. The Kier molecular flexibility index (Phi) is 61.2. The molecule has 5 unspecified atom stereocenters. The number of esters is 3. The van der Waals surface area contributed by atoms with Gasteiger partial charge in [0.25, 0.3) is 0 Å². The predicted octanol–water partition coefficient (Wildman–Crippen LogP) is 18.6. The number of ether oxygens (including phenoxy) is 3. The van der Waals surface area contributed by atoms with Crippen molar-refractivity contribution in [2.24, 2.45) is 0 Å². The second-order valence-electron chi connectivity index (χ2n) is 22.2. The van der Waals surface area contributed by atoms with E-state index in [4.69, 9.17) is 32.3 Å². The summed E-state index contributed by atoms with van der Waals surface area (Å²) in [5.74, 6) is -1.63. The van der Waals surface area contributed by atoms with Crippen molar-refractivity contribution in [2.75, 3.05) is 39.6 Å². The molecule has 89 heavy (non-hydrogen) atoms. The number of unbranched alkanes of at least 4 members (excludes halogenated alkanes) is 20. The molecule has 0 aliphatic heterocycles. The maximum absolute atomic E-state index is 12.9. The number of allylic oxidation sites excluding steroid dienone is 20. The van der Waals surface area contributed by atoms with Crippen LogP contribution < -0.4 is 0 Å². The monoisotopic (exact) mass is 1290 g/mol. The molecule has 0 aromatic rings. The van der Waals surface area contributed by atoms with E-state index >= 15 is 0 Å². The van der Waals surface area contributed by atoms with Crippen LogP contribution in [0.1, 0.15) is 252 Å². The molecule has 0 amide bonds. The van der Waals surface area contributed by atoms with Gasteiger partial charge in [0.15, 0.2) is 6.10 Å². The highest BCUT2D eigenvalue weighted by Crippen LogP contribution is 2.45. The number of phosphoric ester groups is 2. The molecule has 0 spiro atoms. The molecule has 5 atom stereocenters. The van der Waals surface area contributed by atoms with Crippen molar-refractivity contribution >= 4 is 33.6 Å². The highest BCUT2D eigenvalue weighted by Gasteiger charge is 2.29. The molecule has 0 saturated heterocycles. The number of hydrogen-bond acceptors (Lipinski definition) is 14.